The summed E-state index contributed by atoms with van der Waals surface area (Å²) >= 11 is 6.28. The van der Waals surface area contributed by atoms with Crippen LogP contribution in [-0.4, -0.2) is 69.6 Å². The molecule has 48 heavy (non-hydrogen) atoms. The molecule has 0 amide bonds. The van der Waals surface area contributed by atoms with E-state index in [2.05, 4.69) is 32.3 Å². The van der Waals surface area contributed by atoms with Gasteiger partial charge in [-0.1, -0.05) is 30.2 Å². The largest absolute Gasteiger partial charge is 0.386 e. The molecule has 2 aliphatic rings. The number of aliphatic imine (C=N–C) groups is 1. The van der Waals surface area contributed by atoms with E-state index in [-0.39, 0.29) is 29.7 Å². The van der Waals surface area contributed by atoms with E-state index in [1.165, 1.54) is 16.6 Å². The van der Waals surface area contributed by atoms with Gasteiger partial charge < -0.3 is 32.4 Å². The first kappa shape index (κ1) is 34.3. The Labute approximate surface area is 285 Å². The quantitative estimate of drug-likeness (QED) is 0.101. The molecule has 2 aromatic carbocycles. The maximum atomic E-state index is 15.2. The minimum Gasteiger partial charge on any atom is -0.386 e. The third-order valence-electron chi connectivity index (χ3n) is 9.60. The molecule has 2 fully saturated rings. The number of amidine groups is 1. The molecular weight excluding hydrogens is 629 g/mol. The van der Waals surface area contributed by atoms with Crippen molar-refractivity contribution >= 4 is 28.5 Å². The predicted octanol–water partition coefficient (Wildman–Crippen LogP) is 4.81. The molecule has 10 nitrogen and oxygen atoms in total. The molecule has 0 saturated carbocycles. The molecular formula is C36H47ClFN9O. The van der Waals surface area contributed by atoms with Crippen LogP contribution in [0.3, 0.4) is 0 Å². The lowest BCUT2D eigenvalue weighted by Crippen LogP contribution is -2.45. The normalized spacial score (nSPS) is 20.1. The number of benzene rings is 2. The molecule has 0 spiro atoms. The Kier molecular flexibility index (Phi) is 10.9. The average molecular weight is 676 g/mol. The van der Waals surface area contributed by atoms with E-state index in [1.807, 2.05) is 19.1 Å². The Balaban J connectivity index is 1.17. The first-order valence-electron chi connectivity index (χ1n) is 17.1. The second-order valence-corrected chi connectivity index (χ2v) is 13.9. The predicted molar refractivity (Wildman–Crippen MR) is 192 cm³/mol. The SMILES string of the molecule is C[C@H](N)CCCc1cc(Cl)c(F)c(-c2cc3cn(-c4ccc([C@@H]5CCC[C@@H](C[C@@H](CN6CCC6)N=C(N)CN)N5)cc4)c(=O)nc3[nH]2)c1. The molecule has 2 saturated heterocycles. The van der Waals surface area contributed by atoms with Crippen LogP contribution in [0.15, 0.2) is 58.4 Å². The number of aryl methyl sites for hydroxylation is 1. The van der Waals surface area contributed by atoms with Crippen LogP contribution in [0.4, 0.5) is 4.39 Å². The summed E-state index contributed by atoms with van der Waals surface area (Å²) in [5.41, 5.74) is 21.3. The zero-order chi connectivity index (χ0) is 33.8. The second-order valence-electron chi connectivity index (χ2n) is 13.5. The number of aromatic amines is 1. The monoisotopic (exact) mass is 675 g/mol. The van der Waals surface area contributed by atoms with Crippen LogP contribution in [0.25, 0.3) is 28.0 Å². The fourth-order valence-corrected chi connectivity index (χ4v) is 7.16. The first-order chi connectivity index (χ1) is 23.2. The number of likely N-dealkylation sites (tertiary alicyclic amines) is 1. The highest BCUT2D eigenvalue weighted by Crippen LogP contribution is 2.32. The highest BCUT2D eigenvalue weighted by atomic mass is 35.5. The molecule has 256 valence electrons. The Morgan fingerprint density at radius 1 is 1.17 bits per heavy atom. The summed E-state index contributed by atoms with van der Waals surface area (Å²) in [6.07, 6.45) is 9.63. The van der Waals surface area contributed by atoms with Crippen molar-refractivity contribution in [1.82, 2.24) is 24.8 Å². The van der Waals surface area contributed by atoms with E-state index in [1.54, 1.807) is 24.4 Å². The van der Waals surface area contributed by atoms with Crippen molar-refractivity contribution in [2.75, 3.05) is 26.2 Å². The molecule has 0 bridgehead atoms. The van der Waals surface area contributed by atoms with Crippen LogP contribution < -0.4 is 28.2 Å². The number of aromatic nitrogens is 3. The van der Waals surface area contributed by atoms with Crippen LogP contribution in [0.5, 0.6) is 0 Å². The van der Waals surface area contributed by atoms with Crippen LogP contribution >= 0.6 is 11.6 Å². The lowest BCUT2D eigenvalue weighted by Gasteiger charge is -2.36. The zero-order valence-electron chi connectivity index (χ0n) is 27.6. The van der Waals surface area contributed by atoms with Crippen molar-refractivity contribution in [2.45, 2.75) is 82.5 Å². The Bertz CT molecular complexity index is 1800. The van der Waals surface area contributed by atoms with Crippen LogP contribution in [0.1, 0.15) is 69.0 Å². The van der Waals surface area contributed by atoms with E-state index >= 15 is 4.39 Å². The number of nitrogens with zero attached hydrogens (tertiary/aromatic N) is 4. The van der Waals surface area contributed by atoms with Gasteiger partial charge in [0.15, 0.2) is 5.82 Å². The van der Waals surface area contributed by atoms with Crippen LogP contribution in [0, 0.1) is 5.82 Å². The van der Waals surface area contributed by atoms with Crippen LogP contribution in [0.2, 0.25) is 5.02 Å². The minimum absolute atomic E-state index is 0.0599. The fourth-order valence-electron chi connectivity index (χ4n) is 6.92. The Morgan fingerprint density at radius 3 is 2.67 bits per heavy atom. The summed E-state index contributed by atoms with van der Waals surface area (Å²) in [6, 6.07) is 14.1. The van der Waals surface area contributed by atoms with E-state index in [0.717, 1.165) is 70.1 Å². The highest BCUT2D eigenvalue weighted by Gasteiger charge is 2.27. The topological polar surface area (TPSA) is 156 Å². The zero-order valence-corrected chi connectivity index (χ0v) is 28.4. The van der Waals surface area contributed by atoms with Crippen molar-refractivity contribution in [3.05, 3.63) is 81.1 Å². The van der Waals surface area contributed by atoms with Gasteiger partial charge in [-0.3, -0.25) is 9.56 Å². The maximum Gasteiger partial charge on any atom is 0.354 e. The van der Waals surface area contributed by atoms with Gasteiger partial charge in [0.05, 0.1) is 29.0 Å². The van der Waals surface area contributed by atoms with Gasteiger partial charge in [0.2, 0.25) is 0 Å². The molecule has 2 aromatic heterocycles. The third kappa shape index (κ3) is 8.15. The third-order valence-corrected chi connectivity index (χ3v) is 9.87. The Hall–Kier alpha value is -3.61. The molecule has 12 heteroatoms. The molecule has 8 N–H and O–H groups in total. The summed E-state index contributed by atoms with van der Waals surface area (Å²) < 4.78 is 16.7. The maximum absolute atomic E-state index is 15.2. The average Bonchev–Trinajstić information content (AvgIpc) is 3.46. The fraction of sp³-hybridized carbons (Fsp3) is 0.472. The van der Waals surface area contributed by atoms with Crippen molar-refractivity contribution in [1.29, 1.82) is 0 Å². The highest BCUT2D eigenvalue weighted by molar-refractivity contribution is 6.31. The number of piperidine rings is 1. The first-order valence-corrected chi connectivity index (χ1v) is 17.5. The smallest absolute Gasteiger partial charge is 0.354 e. The van der Waals surface area contributed by atoms with E-state index in [4.69, 9.17) is 33.8 Å². The van der Waals surface area contributed by atoms with Crippen molar-refractivity contribution < 1.29 is 4.39 Å². The summed E-state index contributed by atoms with van der Waals surface area (Å²) in [5, 5.41) is 4.60. The minimum atomic E-state index is -0.511. The molecule has 4 aromatic rings. The number of H-pyrrole nitrogens is 1. The molecule has 0 radical (unpaired) electrons. The van der Waals surface area contributed by atoms with Crippen molar-refractivity contribution in [3.8, 4) is 16.9 Å². The van der Waals surface area contributed by atoms with Crippen LogP contribution in [-0.2, 0) is 6.42 Å². The number of hydrogen-bond donors (Lipinski definition) is 5. The lowest BCUT2D eigenvalue weighted by atomic mass is 9.90. The van der Waals surface area contributed by atoms with E-state index < -0.39 is 11.5 Å². The Morgan fingerprint density at radius 2 is 1.96 bits per heavy atom. The number of halogens is 2. The summed E-state index contributed by atoms with van der Waals surface area (Å²) in [7, 11) is 0. The van der Waals surface area contributed by atoms with Gasteiger partial charge >= 0.3 is 5.69 Å². The number of fused-ring (bicyclic) bond motifs is 1. The standard InChI is InChI=1S/C36H47ClFN9O/c1-22(40)5-2-6-23-15-29(34(38)30(37)16-23)32-17-25-20-47(36(48)45-35(25)44-32)28-11-9-24(10-12-28)31-8-3-7-26(42-31)18-27(43-33(41)19-39)21-46-13-4-14-46/h9-12,15-17,20,22,26-27,31,42H,2-8,13-14,18-19,21,39-40H2,1H3,(H2,41,43)(H,44,45,48)/t22-,26-,27-,31-/m0/s1. The molecule has 0 unspecified atom stereocenters. The van der Waals surface area contributed by atoms with Gasteiger partial charge in [0.25, 0.3) is 0 Å². The van der Waals surface area contributed by atoms with E-state index in [9.17, 15) is 4.79 Å². The summed E-state index contributed by atoms with van der Waals surface area (Å²) in [4.78, 5) is 27.7. The summed E-state index contributed by atoms with van der Waals surface area (Å²) in [6.45, 7) is 5.40. The van der Waals surface area contributed by atoms with Gasteiger partial charge in [-0.25, -0.2) is 9.18 Å². The van der Waals surface area contributed by atoms with Gasteiger partial charge in [0, 0.05) is 41.8 Å². The van der Waals surface area contributed by atoms with Crippen molar-refractivity contribution in [2.24, 2.45) is 22.2 Å². The number of nitrogens with one attached hydrogen (secondary N) is 2. The van der Waals surface area contributed by atoms with Gasteiger partial charge in [-0.2, -0.15) is 4.98 Å². The lowest BCUT2D eigenvalue weighted by molar-refractivity contribution is 0.161. The molecule has 4 heterocycles. The number of rotatable bonds is 13. The number of hydrogen-bond acceptors (Lipinski definition) is 7. The molecule has 4 atom stereocenters. The molecule has 6 rings (SSSR count). The summed E-state index contributed by atoms with van der Waals surface area (Å²) in [5.74, 6) is -0.000548. The van der Waals surface area contributed by atoms with Gasteiger partial charge in [0.1, 0.15) is 11.5 Å². The van der Waals surface area contributed by atoms with E-state index in [0.29, 0.717) is 39.9 Å². The number of nitrogens with two attached hydrogens (primary N) is 3. The second kappa shape index (κ2) is 15.3. The van der Waals surface area contributed by atoms with Gasteiger partial charge in [-0.05, 0) is 106 Å². The molecule has 0 aliphatic carbocycles. The van der Waals surface area contributed by atoms with Crippen molar-refractivity contribution in [3.63, 3.8) is 0 Å². The van der Waals surface area contributed by atoms with Gasteiger partial charge in [-0.15, -0.1) is 0 Å². The molecule has 2 aliphatic heterocycles.